The van der Waals surface area contributed by atoms with Crippen molar-refractivity contribution in [3.05, 3.63) is 71.8 Å². The zero-order chi connectivity index (χ0) is 27.1. The van der Waals surface area contributed by atoms with Crippen LogP contribution in [0.3, 0.4) is 0 Å². The van der Waals surface area contributed by atoms with Gasteiger partial charge in [0, 0.05) is 16.8 Å². The molecule has 0 atom stereocenters. The molecule has 4 aromatic rings. The molecule has 11 nitrogen and oxygen atoms in total. The number of hydrogen-bond acceptors (Lipinski definition) is 8. The molecule has 0 saturated carbocycles. The zero-order valence-corrected chi connectivity index (χ0v) is 21.5. The number of anilines is 2. The third-order valence-corrected chi connectivity index (χ3v) is 5.73. The summed E-state index contributed by atoms with van der Waals surface area (Å²) in [5, 5.41) is 18.1. The maximum absolute atomic E-state index is 13.1. The van der Waals surface area contributed by atoms with Gasteiger partial charge >= 0.3 is 0 Å². The summed E-state index contributed by atoms with van der Waals surface area (Å²) < 4.78 is 16.0. The van der Waals surface area contributed by atoms with Gasteiger partial charge in [-0.25, -0.2) is 0 Å². The molecule has 0 aliphatic heterocycles. The molecule has 0 spiro atoms. The van der Waals surface area contributed by atoms with Crippen molar-refractivity contribution in [3.8, 4) is 28.6 Å². The van der Waals surface area contributed by atoms with E-state index in [4.69, 9.17) is 14.2 Å². The predicted octanol–water partition coefficient (Wildman–Crippen LogP) is 3.82. The summed E-state index contributed by atoms with van der Waals surface area (Å²) >= 11 is 0. The lowest BCUT2D eigenvalue weighted by Crippen LogP contribution is -2.20. The first-order valence-corrected chi connectivity index (χ1v) is 11.8. The fraction of sp³-hybridized carbons (Fsp3) is 0.222. The molecule has 11 heteroatoms. The number of methoxy groups -OCH3 is 3. The van der Waals surface area contributed by atoms with Gasteiger partial charge in [-0.1, -0.05) is 31.2 Å². The second-order valence-corrected chi connectivity index (χ2v) is 8.16. The van der Waals surface area contributed by atoms with Crippen molar-refractivity contribution in [1.29, 1.82) is 0 Å². The lowest BCUT2D eigenvalue weighted by atomic mass is 10.1. The van der Waals surface area contributed by atoms with E-state index in [1.807, 2.05) is 24.3 Å². The van der Waals surface area contributed by atoms with Gasteiger partial charge in [-0.15, -0.1) is 10.2 Å². The number of carbonyl (C=O) groups excluding carboxylic acids is 2. The highest BCUT2D eigenvalue weighted by Crippen LogP contribution is 2.38. The van der Waals surface area contributed by atoms with E-state index in [0.717, 1.165) is 6.42 Å². The molecule has 1 aromatic heterocycles. The lowest BCUT2D eigenvalue weighted by molar-refractivity contribution is -0.117. The Morgan fingerprint density at radius 2 is 1.58 bits per heavy atom. The van der Waals surface area contributed by atoms with Gasteiger partial charge in [0.1, 0.15) is 6.54 Å². The normalized spacial score (nSPS) is 10.5. The second-order valence-electron chi connectivity index (χ2n) is 8.16. The average Bonchev–Trinajstić information content (AvgIpc) is 3.40. The summed E-state index contributed by atoms with van der Waals surface area (Å²) in [6.07, 6.45) is 0.921. The highest BCUT2D eigenvalue weighted by Gasteiger charge is 2.19. The Morgan fingerprint density at radius 1 is 0.895 bits per heavy atom. The highest BCUT2D eigenvalue weighted by molar-refractivity contribution is 6.06. The summed E-state index contributed by atoms with van der Waals surface area (Å²) in [5.41, 5.74) is 3.17. The van der Waals surface area contributed by atoms with Gasteiger partial charge in [0.2, 0.25) is 17.5 Å². The molecular formula is C27H28N6O5. The molecule has 2 amide bonds. The van der Waals surface area contributed by atoms with Crippen molar-refractivity contribution < 1.29 is 23.8 Å². The maximum Gasteiger partial charge on any atom is 0.255 e. The molecule has 3 aromatic carbocycles. The Kier molecular flexibility index (Phi) is 8.17. The zero-order valence-electron chi connectivity index (χ0n) is 21.5. The quantitative estimate of drug-likeness (QED) is 0.325. The lowest BCUT2D eigenvalue weighted by Gasteiger charge is -2.14. The van der Waals surface area contributed by atoms with Gasteiger partial charge in [0.15, 0.2) is 11.5 Å². The minimum absolute atomic E-state index is 0.123. The number of aryl methyl sites for hydroxylation is 1. The molecule has 0 unspecified atom stereocenters. The number of para-hydroxylation sites is 1. The van der Waals surface area contributed by atoms with E-state index in [1.54, 1.807) is 36.4 Å². The van der Waals surface area contributed by atoms with Gasteiger partial charge in [-0.05, 0) is 53.6 Å². The standard InChI is InChI=1S/C27H28N6O5/c1-5-17-10-12-19(13-11-17)28-24(34)16-33-31-26(30-32-33)20-8-6-7-9-21(20)29-27(35)18-14-22(36-2)25(38-4)23(15-18)37-3/h6-15H,5,16H2,1-4H3,(H,28,34)(H,29,35). The molecule has 196 valence electrons. The fourth-order valence-corrected chi connectivity index (χ4v) is 3.76. The van der Waals surface area contributed by atoms with E-state index in [0.29, 0.717) is 39.8 Å². The van der Waals surface area contributed by atoms with E-state index >= 15 is 0 Å². The Morgan fingerprint density at radius 3 is 2.21 bits per heavy atom. The molecule has 0 saturated heterocycles. The van der Waals surface area contributed by atoms with Gasteiger partial charge in [-0.2, -0.15) is 4.80 Å². The third-order valence-electron chi connectivity index (χ3n) is 5.73. The van der Waals surface area contributed by atoms with Crippen molar-refractivity contribution in [3.63, 3.8) is 0 Å². The SMILES string of the molecule is CCc1ccc(NC(=O)Cn2nnc(-c3ccccc3NC(=O)c3cc(OC)c(OC)c(OC)c3)n2)cc1. The Hall–Kier alpha value is -4.93. The van der Waals surface area contributed by atoms with Crippen molar-refractivity contribution in [2.45, 2.75) is 19.9 Å². The molecule has 1 heterocycles. The monoisotopic (exact) mass is 516 g/mol. The van der Waals surface area contributed by atoms with Crippen LogP contribution >= 0.6 is 0 Å². The summed E-state index contributed by atoms with van der Waals surface area (Å²) in [5.74, 6) is 0.657. The minimum Gasteiger partial charge on any atom is -0.493 e. The van der Waals surface area contributed by atoms with Crippen LogP contribution in [0.4, 0.5) is 11.4 Å². The topological polar surface area (TPSA) is 129 Å². The smallest absolute Gasteiger partial charge is 0.255 e. The van der Waals surface area contributed by atoms with Crippen LogP contribution in [0.15, 0.2) is 60.7 Å². The van der Waals surface area contributed by atoms with Crippen LogP contribution in [0.1, 0.15) is 22.8 Å². The van der Waals surface area contributed by atoms with Crippen molar-refractivity contribution in [2.24, 2.45) is 0 Å². The molecule has 4 rings (SSSR count). The van der Waals surface area contributed by atoms with Gasteiger partial charge in [-0.3, -0.25) is 9.59 Å². The van der Waals surface area contributed by atoms with E-state index in [2.05, 4.69) is 33.0 Å². The summed E-state index contributed by atoms with van der Waals surface area (Å²) in [6, 6.07) is 17.8. The molecule has 38 heavy (non-hydrogen) atoms. The molecule has 0 aliphatic carbocycles. The first-order chi connectivity index (χ1) is 18.4. The maximum atomic E-state index is 13.1. The number of carbonyl (C=O) groups is 2. The number of nitrogens with zero attached hydrogens (tertiary/aromatic N) is 4. The van der Waals surface area contributed by atoms with Crippen LogP contribution in [0.2, 0.25) is 0 Å². The Labute approximate surface area is 219 Å². The number of tetrazole rings is 1. The first-order valence-electron chi connectivity index (χ1n) is 11.8. The number of rotatable bonds is 10. The van der Waals surface area contributed by atoms with Gasteiger partial charge in [0.25, 0.3) is 5.91 Å². The number of benzene rings is 3. The molecule has 0 bridgehead atoms. The number of aromatic nitrogens is 4. The van der Waals surface area contributed by atoms with E-state index in [1.165, 1.54) is 31.7 Å². The van der Waals surface area contributed by atoms with Crippen LogP contribution in [-0.4, -0.2) is 53.4 Å². The molecule has 0 aliphatic rings. The van der Waals surface area contributed by atoms with Gasteiger partial charge < -0.3 is 24.8 Å². The second kappa shape index (κ2) is 11.9. The number of hydrogen-bond donors (Lipinski definition) is 2. The van der Waals surface area contributed by atoms with Crippen LogP contribution in [0.25, 0.3) is 11.4 Å². The molecule has 0 radical (unpaired) electrons. The number of amides is 2. The van der Waals surface area contributed by atoms with Crippen molar-refractivity contribution >= 4 is 23.2 Å². The van der Waals surface area contributed by atoms with Crippen LogP contribution in [-0.2, 0) is 17.8 Å². The largest absolute Gasteiger partial charge is 0.493 e. The highest BCUT2D eigenvalue weighted by atomic mass is 16.5. The average molecular weight is 517 g/mol. The Balaban J connectivity index is 1.49. The Bertz CT molecular complexity index is 1410. The van der Waals surface area contributed by atoms with Crippen LogP contribution < -0.4 is 24.8 Å². The first kappa shape index (κ1) is 26.1. The summed E-state index contributed by atoms with van der Waals surface area (Å²) in [7, 11) is 4.45. The summed E-state index contributed by atoms with van der Waals surface area (Å²) in [4.78, 5) is 26.8. The van der Waals surface area contributed by atoms with Crippen molar-refractivity contribution in [1.82, 2.24) is 20.2 Å². The van der Waals surface area contributed by atoms with E-state index < -0.39 is 5.91 Å². The predicted molar refractivity (Wildman–Crippen MR) is 142 cm³/mol. The van der Waals surface area contributed by atoms with E-state index in [-0.39, 0.29) is 18.3 Å². The van der Waals surface area contributed by atoms with Gasteiger partial charge in [0.05, 0.1) is 27.0 Å². The summed E-state index contributed by atoms with van der Waals surface area (Å²) in [6.45, 7) is 1.95. The van der Waals surface area contributed by atoms with Crippen LogP contribution in [0, 0.1) is 0 Å². The van der Waals surface area contributed by atoms with Crippen LogP contribution in [0.5, 0.6) is 17.2 Å². The number of ether oxygens (including phenoxy) is 3. The number of nitrogens with one attached hydrogen (secondary N) is 2. The fourth-order valence-electron chi connectivity index (χ4n) is 3.76. The molecule has 0 fully saturated rings. The van der Waals surface area contributed by atoms with E-state index in [9.17, 15) is 9.59 Å². The molecule has 2 N–H and O–H groups in total. The van der Waals surface area contributed by atoms with Crippen molar-refractivity contribution in [2.75, 3.05) is 32.0 Å². The minimum atomic E-state index is -0.405. The third kappa shape index (κ3) is 5.89. The molecular weight excluding hydrogens is 488 g/mol.